The number of benzene rings is 2. The Morgan fingerprint density at radius 1 is 1.05 bits per heavy atom. The first-order valence-corrected chi connectivity index (χ1v) is 6.63. The third-order valence-electron chi connectivity index (χ3n) is 3.04. The molecule has 0 aliphatic carbocycles. The van der Waals surface area contributed by atoms with Gasteiger partial charge < -0.3 is 4.74 Å². The average Bonchev–Trinajstić information content (AvgIpc) is 2.43. The monoisotopic (exact) mass is 325 g/mol. The van der Waals surface area contributed by atoms with Gasteiger partial charge in [0.1, 0.15) is 11.5 Å². The van der Waals surface area contributed by atoms with Crippen molar-refractivity contribution in [1.82, 2.24) is 0 Å². The number of ether oxygens (including phenoxy) is 1. The van der Waals surface area contributed by atoms with Crippen LogP contribution in [0.2, 0.25) is 5.02 Å². The molecule has 0 spiro atoms. The molecule has 0 heterocycles. The van der Waals surface area contributed by atoms with E-state index >= 15 is 0 Å². The summed E-state index contributed by atoms with van der Waals surface area (Å²) in [4.78, 5) is 2.92. The Morgan fingerprint density at radius 2 is 1.64 bits per heavy atom. The summed E-state index contributed by atoms with van der Waals surface area (Å²) in [6, 6.07) is 6.49. The topological polar surface area (TPSA) is 13.6 Å². The van der Waals surface area contributed by atoms with Crippen molar-refractivity contribution in [3.05, 3.63) is 63.5 Å². The Labute approximate surface area is 130 Å². The van der Waals surface area contributed by atoms with Gasteiger partial charge in [0.25, 0.3) is 0 Å². The largest absolute Gasteiger partial charge is 0.459 e. The van der Waals surface area contributed by atoms with Crippen molar-refractivity contribution in [1.29, 1.82) is 0 Å². The van der Waals surface area contributed by atoms with Crippen LogP contribution in [0.4, 0.5) is 18.9 Å². The zero-order valence-electron chi connectivity index (χ0n) is 11.8. The summed E-state index contributed by atoms with van der Waals surface area (Å²) in [5.74, 6) is 0.621. The predicted octanol–water partition coefficient (Wildman–Crippen LogP) is 6.32. The Bertz CT molecular complexity index is 740. The van der Waals surface area contributed by atoms with Crippen molar-refractivity contribution in [2.75, 3.05) is 0 Å². The molecule has 2 nitrogen and oxygen atoms in total. The predicted molar refractivity (Wildman–Crippen MR) is 78.7 cm³/mol. The summed E-state index contributed by atoms with van der Waals surface area (Å²) in [6.07, 6.45) is -4.56. The lowest BCUT2D eigenvalue weighted by molar-refractivity contribution is -0.136. The van der Waals surface area contributed by atoms with Gasteiger partial charge in [-0.15, -0.1) is 0 Å². The SMILES string of the molecule is [C-]#[N+]c1cc(Oc2cc(C)c(Cl)c(C)c2)ccc1C(F)(F)F. The van der Waals surface area contributed by atoms with Crippen LogP contribution in [0.15, 0.2) is 30.3 Å². The Balaban J connectivity index is 2.38. The van der Waals surface area contributed by atoms with Gasteiger partial charge in [0.15, 0.2) is 0 Å². The first kappa shape index (κ1) is 16.2. The molecule has 6 heteroatoms. The van der Waals surface area contributed by atoms with Crippen LogP contribution in [0.25, 0.3) is 4.85 Å². The molecule has 0 N–H and O–H groups in total. The van der Waals surface area contributed by atoms with E-state index in [1.807, 2.05) is 0 Å². The van der Waals surface area contributed by atoms with Gasteiger partial charge in [0.05, 0.1) is 12.1 Å². The molecule has 22 heavy (non-hydrogen) atoms. The zero-order valence-corrected chi connectivity index (χ0v) is 12.5. The second-order valence-electron chi connectivity index (χ2n) is 4.76. The molecule has 0 aromatic heterocycles. The molecule has 114 valence electrons. The second-order valence-corrected chi connectivity index (χ2v) is 5.14. The summed E-state index contributed by atoms with van der Waals surface area (Å²) >= 11 is 6.05. The molecule has 0 aliphatic rings. The van der Waals surface area contributed by atoms with E-state index < -0.39 is 17.4 Å². The summed E-state index contributed by atoms with van der Waals surface area (Å²) < 4.78 is 43.8. The number of alkyl halides is 3. The summed E-state index contributed by atoms with van der Waals surface area (Å²) in [6.45, 7) is 10.5. The highest BCUT2D eigenvalue weighted by Gasteiger charge is 2.33. The summed E-state index contributed by atoms with van der Waals surface area (Å²) in [5.41, 5.74) is 0.133. The van der Waals surface area contributed by atoms with E-state index in [1.54, 1.807) is 26.0 Å². The molecule has 0 atom stereocenters. The number of aryl methyl sites for hydroxylation is 2. The molecule has 0 saturated heterocycles. The third-order valence-corrected chi connectivity index (χ3v) is 3.64. The van der Waals surface area contributed by atoms with Gasteiger partial charge in [0, 0.05) is 5.02 Å². The smallest absolute Gasteiger partial charge is 0.407 e. The van der Waals surface area contributed by atoms with Gasteiger partial charge in [-0.3, -0.25) is 0 Å². The highest BCUT2D eigenvalue weighted by Crippen LogP contribution is 2.39. The molecule has 0 radical (unpaired) electrons. The molecule has 2 rings (SSSR count). The highest BCUT2D eigenvalue weighted by molar-refractivity contribution is 6.32. The van der Waals surface area contributed by atoms with Crippen molar-refractivity contribution in [3.63, 3.8) is 0 Å². The number of hydrogen-bond acceptors (Lipinski definition) is 1. The van der Waals surface area contributed by atoms with E-state index in [9.17, 15) is 13.2 Å². The van der Waals surface area contributed by atoms with E-state index in [0.717, 1.165) is 23.3 Å². The second kappa shape index (κ2) is 5.90. The standard InChI is InChI=1S/C16H11ClF3NO/c1-9-6-12(7-10(2)15(9)17)22-11-4-5-13(16(18,19)20)14(8-11)21-3/h4-8H,1-2H3. The van der Waals surface area contributed by atoms with Gasteiger partial charge in [-0.2, -0.15) is 13.2 Å². The fourth-order valence-corrected chi connectivity index (χ4v) is 2.12. The van der Waals surface area contributed by atoms with Gasteiger partial charge in [0.2, 0.25) is 5.69 Å². The Kier molecular flexibility index (Phi) is 4.34. The first-order chi connectivity index (χ1) is 10.2. The minimum atomic E-state index is -4.56. The van der Waals surface area contributed by atoms with E-state index in [0.29, 0.717) is 10.8 Å². The van der Waals surface area contributed by atoms with E-state index in [4.69, 9.17) is 22.9 Å². The van der Waals surface area contributed by atoms with Gasteiger partial charge in [-0.1, -0.05) is 17.7 Å². The molecule has 0 amide bonds. The lowest BCUT2D eigenvalue weighted by Crippen LogP contribution is -2.04. The fraction of sp³-hybridized carbons (Fsp3) is 0.188. The van der Waals surface area contributed by atoms with Crippen LogP contribution < -0.4 is 4.74 Å². The number of hydrogen-bond donors (Lipinski definition) is 0. The zero-order chi connectivity index (χ0) is 16.5. The van der Waals surface area contributed by atoms with Crippen LogP contribution in [0.3, 0.4) is 0 Å². The average molecular weight is 326 g/mol. The maximum atomic E-state index is 12.7. The summed E-state index contributed by atoms with van der Waals surface area (Å²) in [7, 11) is 0. The van der Waals surface area contributed by atoms with Gasteiger partial charge in [-0.05, 0) is 49.2 Å². The minimum absolute atomic E-state index is 0.167. The normalized spacial score (nSPS) is 11.1. The minimum Gasteiger partial charge on any atom is -0.459 e. The first-order valence-electron chi connectivity index (χ1n) is 6.25. The quantitative estimate of drug-likeness (QED) is 0.589. The van der Waals surface area contributed by atoms with Crippen LogP contribution in [-0.4, -0.2) is 0 Å². The summed E-state index contributed by atoms with van der Waals surface area (Å²) in [5, 5.41) is 0.613. The van der Waals surface area contributed by atoms with Crippen molar-refractivity contribution < 1.29 is 17.9 Å². The molecular weight excluding hydrogens is 315 g/mol. The van der Waals surface area contributed by atoms with Crippen molar-refractivity contribution in [2.45, 2.75) is 20.0 Å². The maximum absolute atomic E-state index is 12.7. The molecule has 0 aliphatic heterocycles. The van der Waals surface area contributed by atoms with Gasteiger partial charge >= 0.3 is 6.18 Å². The number of rotatable bonds is 2. The van der Waals surface area contributed by atoms with Crippen molar-refractivity contribution in [3.8, 4) is 11.5 Å². The van der Waals surface area contributed by atoms with Crippen molar-refractivity contribution in [2.24, 2.45) is 0 Å². The van der Waals surface area contributed by atoms with E-state index in [2.05, 4.69) is 4.85 Å². The highest BCUT2D eigenvalue weighted by atomic mass is 35.5. The third kappa shape index (κ3) is 3.34. The van der Waals surface area contributed by atoms with E-state index in [-0.39, 0.29) is 5.75 Å². The Hall–Kier alpha value is -2.19. The Morgan fingerprint density at radius 3 is 2.14 bits per heavy atom. The van der Waals surface area contributed by atoms with Crippen LogP contribution in [-0.2, 0) is 6.18 Å². The van der Waals surface area contributed by atoms with Crippen LogP contribution >= 0.6 is 11.6 Å². The lowest BCUT2D eigenvalue weighted by Gasteiger charge is -2.12. The molecule has 2 aromatic carbocycles. The lowest BCUT2D eigenvalue weighted by atomic mass is 10.1. The molecule has 0 fully saturated rings. The van der Waals surface area contributed by atoms with Crippen LogP contribution in [0.5, 0.6) is 11.5 Å². The number of halogens is 4. The van der Waals surface area contributed by atoms with Crippen LogP contribution in [0.1, 0.15) is 16.7 Å². The fourth-order valence-electron chi connectivity index (χ4n) is 2.01. The molecule has 2 aromatic rings. The van der Waals surface area contributed by atoms with Crippen molar-refractivity contribution >= 4 is 17.3 Å². The molecule has 0 bridgehead atoms. The van der Waals surface area contributed by atoms with Gasteiger partial charge in [-0.25, -0.2) is 4.85 Å². The number of nitrogens with zero attached hydrogens (tertiary/aromatic N) is 1. The molecule has 0 unspecified atom stereocenters. The molecular formula is C16H11ClF3NO. The van der Waals surface area contributed by atoms with E-state index in [1.165, 1.54) is 6.07 Å². The van der Waals surface area contributed by atoms with Crippen LogP contribution in [0, 0.1) is 20.4 Å². The maximum Gasteiger partial charge on any atom is 0.407 e. The molecule has 0 saturated carbocycles.